The molecule has 8 atom stereocenters. The van der Waals surface area contributed by atoms with Gasteiger partial charge in [0.15, 0.2) is 0 Å². The number of likely N-dealkylation sites (N-methyl/N-ethyl adjacent to an activating group) is 2. The van der Waals surface area contributed by atoms with E-state index < -0.39 is 17.8 Å². The van der Waals surface area contributed by atoms with Crippen LogP contribution in [0.4, 0.5) is 4.79 Å². The van der Waals surface area contributed by atoms with Crippen LogP contribution in [-0.2, 0) is 19.1 Å². The fraction of sp³-hybridized carbons (Fsp3) is 0.696. The number of benzene rings is 1. The highest BCUT2D eigenvalue weighted by atomic mass is 16.5. The summed E-state index contributed by atoms with van der Waals surface area (Å²) in [6.07, 6.45) is 21.0. The van der Waals surface area contributed by atoms with Crippen molar-refractivity contribution in [3.8, 4) is 5.75 Å². The van der Waals surface area contributed by atoms with Gasteiger partial charge in [-0.1, -0.05) is 77.7 Å². The quantitative estimate of drug-likeness (QED) is 0.0620. The lowest BCUT2D eigenvalue weighted by Crippen LogP contribution is -2.52. The van der Waals surface area contributed by atoms with E-state index in [0.29, 0.717) is 29.8 Å². The van der Waals surface area contributed by atoms with E-state index in [4.69, 9.17) is 9.47 Å². The Bertz CT molecular complexity index is 1590. The molecule has 4 fully saturated rings. The lowest BCUT2D eigenvalue weighted by Gasteiger charge is -2.58. The van der Waals surface area contributed by atoms with Crippen LogP contribution in [-0.4, -0.2) is 60.4 Å². The number of fused-ring (bicyclic) bond motifs is 5. The van der Waals surface area contributed by atoms with Crippen molar-refractivity contribution < 1.29 is 28.7 Å². The van der Waals surface area contributed by atoms with Crippen molar-refractivity contribution in [2.24, 2.45) is 46.3 Å². The second-order valence-electron chi connectivity index (χ2n) is 18.4. The molecule has 296 valence electrons. The minimum atomic E-state index is -0.643. The molecule has 0 radical (unpaired) electrons. The van der Waals surface area contributed by atoms with E-state index in [0.717, 1.165) is 83.8 Å². The van der Waals surface area contributed by atoms with Gasteiger partial charge >= 0.3 is 12.0 Å². The average molecular weight is 743 g/mol. The van der Waals surface area contributed by atoms with Gasteiger partial charge in [0.2, 0.25) is 0 Å². The number of unbranched alkanes of at least 4 members (excludes halogenated alkanes) is 2. The molecule has 0 N–H and O–H groups in total. The first kappa shape index (κ1) is 40.2. The summed E-state index contributed by atoms with van der Waals surface area (Å²) >= 11 is 0. The number of hydrogen-bond donors (Lipinski definition) is 0. The molecule has 0 spiro atoms. The molecule has 4 amide bonds. The first-order valence-electron chi connectivity index (χ1n) is 21.2. The molecule has 6 rings (SSSR count). The van der Waals surface area contributed by atoms with Crippen molar-refractivity contribution in [3.05, 3.63) is 47.1 Å². The molecule has 1 saturated heterocycles. The van der Waals surface area contributed by atoms with Crippen LogP contribution < -0.4 is 4.74 Å². The number of rotatable bonds is 14. The number of urea groups is 1. The summed E-state index contributed by atoms with van der Waals surface area (Å²) in [5.74, 6) is 4.36. The second kappa shape index (κ2) is 16.8. The Morgan fingerprint density at radius 2 is 1.59 bits per heavy atom. The maximum atomic E-state index is 12.9. The van der Waals surface area contributed by atoms with E-state index in [1.54, 1.807) is 29.8 Å². The third kappa shape index (κ3) is 8.23. The Labute approximate surface area is 324 Å². The number of allylic oxidation sites excluding steroid dienone is 1. The van der Waals surface area contributed by atoms with E-state index in [1.807, 2.05) is 0 Å². The van der Waals surface area contributed by atoms with Gasteiger partial charge in [0, 0.05) is 26.9 Å². The zero-order valence-corrected chi connectivity index (χ0v) is 34.2. The van der Waals surface area contributed by atoms with Gasteiger partial charge in [-0.2, -0.15) is 0 Å². The molecule has 3 saturated carbocycles. The smallest absolute Gasteiger partial charge is 0.333 e. The summed E-state index contributed by atoms with van der Waals surface area (Å²) in [5.41, 5.74) is 2.94. The van der Waals surface area contributed by atoms with Crippen molar-refractivity contribution >= 4 is 29.9 Å². The Hall–Kier alpha value is -3.42. The summed E-state index contributed by atoms with van der Waals surface area (Å²) in [4.78, 5) is 51.7. The average Bonchev–Trinajstić information content (AvgIpc) is 3.51. The number of carbonyl (C=O) groups is 4. The van der Waals surface area contributed by atoms with Crippen molar-refractivity contribution in [2.75, 3.05) is 20.7 Å². The van der Waals surface area contributed by atoms with Crippen LogP contribution in [0.5, 0.6) is 5.75 Å². The molecule has 1 aromatic rings. The Morgan fingerprint density at radius 1 is 0.870 bits per heavy atom. The number of ether oxygens (including phenoxy) is 2. The van der Waals surface area contributed by atoms with Gasteiger partial charge in [0.1, 0.15) is 17.4 Å². The SMILES string of the molecule is CC(C)CCC[C@@H](C)[C@H]1CC[C@H]2[C@@H]3CC=C4CC(OC(=O)CCCCCOc5ccc(C=C6C(=O)N(C)C(=O)N(C)C6=O)cc5)CC[C@]4(C)[C@H]3CC[C@]12C. The molecule has 1 heterocycles. The zero-order valence-electron chi connectivity index (χ0n) is 34.2. The third-order valence-electron chi connectivity index (χ3n) is 14.7. The van der Waals surface area contributed by atoms with E-state index in [2.05, 4.69) is 40.7 Å². The van der Waals surface area contributed by atoms with Gasteiger partial charge in [-0.15, -0.1) is 0 Å². The van der Waals surface area contributed by atoms with Gasteiger partial charge in [-0.3, -0.25) is 24.2 Å². The van der Waals surface area contributed by atoms with E-state index in [9.17, 15) is 19.2 Å². The number of hydrogen-bond acceptors (Lipinski definition) is 6. The minimum Gasteiger partial charge on any atom is -0.494 e. The van der Waals surface area contributed by atoms with Crippen LogP contribution in [0.25, 0.3) is 6.08 Å². The summed E-state index contributed by atoms with van der Waals surface area (Å²) in [6, 6.07) is 6.50. The molecule has 8 heteroatoms. The fourth-order valence-electron chi connectivity index (χ4n) is 11.5. The normalized spacial score (nSPS) is 31.5. The molecular weight excluding hydrogens is 677 g/mol. The predicted molar refractivity (Wildman–Crippen MR) is 212 cm³/mol. The minimum absolute atomic E-state index is 0.00500. The molecule has 54 heavy (non-hydrogen) atoms. The second-order valence-corrected chi connectivity index (χ2v) is 18.4. The van der Waals surface area contributed by atoms with Crippen LogP contribution in [0.3, 0.4) is 0 Å². The Morgan fingerprint density at radius 3 is 2.30 bits per heavy atom. The van der Waals surface area contributed by atoms with Gasteiger partial charge in [0.05, 0.1) is 6.61 Å². The van der Waals surface area contributed by atoms with Crippen molar-refractivity contribution in [3.63, 3.8) is 0 Å². The third-order valence-corrected chi connectivity index (χ3v) is 14.7. The van der Waals surface area contributed by atoms with E-state index >= 15 is 0 Å². The Kier molecular flexibility index (Phi) is 12.5. The number of esters is 1. The molecule has 0 aromatic heterocycles. The largest absolute Gasteiger partial charge is 0.494 e. The predicted octanol–water partition coefficient (Wildman–Crippen LogP) is 10.0. The van der Waals surface area contributed by atoms with Crippen LogP contribution in [0.1, 0.15) is 136 Å². The Balaban J connectivity index is 0.907. The molecule has 8 nitrogen and oxygen atoms in total. The first-order valence-corrected chi connectivity index (χ1v) is 21.2. The molecule has 5 aliphatic rings. The van der Waals surface area contributed by atoms with Crippen molar-refractivity contribution in [1.29, 1.82) is 0 Å². The molecule has 1 unspecified atom stereocenters. The van der Waals surface area contributed by atoms with Crippen LogP contribution >= 0.6 is 0 Å². The van der Waals surface area contributed by atoms with Crippen molar-refractivity contribution in [2.45, 2.75) is 137 Å². The lowest BCUT2D eigenvalue weighted by atomic mass is 9.47. The standard InChI is InChI=1S/C46H66N2O6/c1-30(2)12-11-13-31(3)38-21-22-39-36-20-17-33-29-35(23-25-45(33,4)40(36)24-26-46(38,39)5)54-41(49)14-9-8-10-27-53-34-18-15-32(16-19-34)28-37-42(50)47(6)44(52)48(7)43(37)51/h15-19,28,30-31,35-36,38-40H,8-14,20-27,29H2,1-7H3/t31-,35?,36+,38-,39+,40+,45+,46-/m1/s1. The topological polar surface area (TPSA) is 93.2 Å². The number of barbiturate groups is 1. The molecule has 1 aromatic carbocycles. The van der Waals surface area contributed by atoms with E-state index in [1.165, 1.54) is 71.5 Å². The lowest BCUT2D eigenvalue weighted by molar-refractivity contribution is -0.151. The highest BCUT2D eigenvalue weighted by molar-refractivity contribution is 6.30. The maximum Gasteiger partial charge on any atom is 0.333 e. The summed E-state index contributed by atoms with van der Waals surface area (Å²) < 4.78 is 12.0. The van der Waals surface area contributed by atoms with Gasteiger partial charge in [-0.05, 0) is 134 Å². The molecule has 1 aliphatic heterocycles. The monoisotopic (exact) mass is 742 g/mol. The molecule has 4 aliphatic carbocycles. The molecular formula is C46H66N2O6. The van der Waals surface area contributed by atoms with Crippen LogP contribution in [0.2, 0.25) is 0 Å². The van der Waals surface area contributed by atoms with Gasteiger partial charge < -0.3 is 9.47 Å². The number of nitrogens with zero attached hydrogens (tertiary/aromatic N) is 2. The van der Waals surface area contributed by atoms with Crippen LogP contribution in [0.15, 0.2) is 41.5 Å². The highest BCUT2D eigenvalue weighted by Gasteiger charge is 2.59. The maximum absolute atomic E-state index is 12.9. The fourth-order valence-corrected chi connectivity index (χ4v) is 11.5. The van der Waals surface area contributed by atoms with E-state index in [-0.39, 0.29) is 23.1 Å². The van der Waals surface area contributed by atoms with Crippen molar-refractivity contribution in [1.82, 2.24) is 9.80 Å². The summed E-state index contributed by atoms with van der Waals surface area (Å²) in [7, 11) is 2.72. The highest BCUT2D eigenvalue weighted by Crippen LogP contribution is 2.67. The first-order chi connectivity index (χ1) is 25.7. The summed E-state index contributed by atoms with van der Waals surface area (Å²) in [5, 5.41) is 0. The van der Waals surface area contributed by atoms with Gasteiger partial charge in [-0.25, -0.2) is 4.79 Å². The number of imide groups is 2. The van der Waals surface area contributed by atoms with Crippen LogP contribution in [0, 0.1) is 46.3 Å². The van der Waals surface area contributed by atoms with Gasteiger partial charge in [0.25, 0.3) is 11.8 Å². The molecule has 0 bridgehead atoms. The number of amides is 4. The summed E-state index contributed by atoms with van der Waals surface area (Å²) in [6.45, 7) is 13.0. The number of carbonyl (C=O) groups excluding carboxylic acids is 4. The zero-order chi connectivity index (χ0) is 38.8.